The van der Waals surface area contributed by atoms with E-state index in [1.54, 1.807) is 12.1 Å². The van der Waals surface area contributed by atoms with Gasteiger partial charge in [-0.2, -0.15) is 0 Å². The van der Waals surface area contributed by atoms with E-state index in [1.807, 2.05) is 0 Å². The zero-order chi connectivity index (χ0) is 15.0. The number of hydrogen-bond acceptors (Lipinski definition) is 5. The Morgan fingerprint density at radius 3 is 2.33 bits per heavy atom. The van der Waals surface area contributed by atoms with Gasteiger partial charge in [0.05, 0.1) is 12.5 Å². The largest absolute Gasteiger partial charge is 0.508 e. The first-order valence-electron chi connectivity index (χ1n) is 6.23. The van der Waals surface area contributed by atoms with Crippen molar-refractivity contribution >= 4 is 11.0 Å². The second-order valence-corrected chi connectivity index (χ2v) is 4.53. The van der Waals surface area contributed by atoms with Crippen LogP contribution in [0.4, 0.5) is 0 Å². The van der Waals surface area contributed by atoms with Crippen LogP contribution in [0, 0.1) is 0 Å². The topological polar surface area (TPSA) is 79.9 Å². The van der Waals surface area contributed by atoms with E-state index in [1.165, 1.54) is 37.4 Å². The Kier molecular flexibility index (Phi) is 3.02. The third-order valence-corrected chi connectivity index (χ3v) is 3.19. The molecule has 0 fully saturated rings. The summed E-state index contributed by atoms with van der Waals surface area (Å²) in [5.74, 6) is 0.168. The zero-order valence-corrected chi connectivity index (χ0v) is 11.2. The molecule has 0 saturated heterocycles. The fourth-order valence-corrected chi connectivity index (χ4v) is 2.18. The molecule has 5 heteroatoms. The van der Waals surface area contributed by atoms with E-state index in [-0.39, 0.29) is 34.0 Å². The van der Waals surface area contributed by atoms with Crippen LogP contribution in [-0.4, -0.2) is 17.3 Å². The van der Waals surface area contributed by atoms with E-state index in [0.29, 0.717) is 10.9 Å². The van der Waals surface area contributed by atoms with Crippen molar-refractivity contribution in [2.45, 2.75) is 0 Å². The number of aromatic hydroxyl groups is 2. The quantitative estimate of drug-likeness (QED) is 0.756. The van der Waals surface area contributed by atoms with Crippen LogP contribution in [0.1, 0.15) is 0 Å². The number of benzene rings is 2. The Balaban J connectivity index is 2.36. The molecule has 3 rings (SSSR count). The molecule has 2 aromatic carbocycles. The summed E-state index contributed by atoms with van der Waals surface area (Å²) in [5.41, 5.74) is 0.835. The summed E-state index contributed by atoms with van der Waals surface area (Å²) in [4.78, 5) is 12.6. The molecule has 3 aromatic rings. The average molecular weight is 284 g/mol. The van der Waals surface area contributed by atoms with Gasteiger partial charge in [-0.3, -0.25) is 4.79 Å². The van der Waals surface area contributed by atoms with Crippen molar-refractivity contribution in [2.75, 3.05) is 7.11 Å². The summed E-state index contributed by atoms with van der Waals surface area (Å²) in [6, 6.07) is 10.5. The van der Waals surface area contributed by atoms with E-state index >= 15 is 0 Å². The highest BCUT2D eigenvalue weighted by Gasteiger charge is 2.17. The molecule has 0 spiro atoms. The lowest BCUT2D eigenvalue weighted by Gasteiger charge is -2.09. The molecule has 0 amide bonds. The molecule has 5 nitrogen and oxygen atoms in total. The number of phenols is 2. The van der Waals surface area contributed by atoms with Gasteiger partial charge in [0.15, 0.2) is 0 Å². The molecule has 1 aromatic heterocycles. The van der Waals surface area contributed by atoms with Gasteiger partial charge in [0.25, 0.3) is 5.95 Å². The number of ether oxygens (including phenoxy) is 1. The minimum atomic E-state index is -0.265. The molecular formula is C16H12O5. The normalized spacial score (nSPS) is 10.7. The van der Waals surface area contributed by atoms with E-state index in [4.69, 9.17) is 9.15 Å². The van der Waals surface area contributed by atoms with Crippen LogP contribution in [0.15, 0.2) is 51.7 Å². The van der Waals surface area contributed by atoms with Crippen molar-refractivity contribution in [3.8, 4) is 28.6 Å². The lowest BCUT2D eigenvalue weighted by molar-refractivity contribution is 0.312. The van der Waals surface area contributed by atoms with Crippen molar-refractivity contribution in [3.05, 3.63) is 52.7 Å². The molecule has 0 radical (unpaired) electrons. The van der Waals surface area contributed by atoms with Gasteiger partial charge in [-0.05, 0) is 29.8 Å². The van der Waals surface area contributed by atoms with E-state index < -0.39 is 0 Å². The van der Waals surface area contributed by atoms with Crippen LogP contribution in [0.5, 0.6) is 17.4 Å². The van der Waals surface area contributed by atoms with Crippen LogP contribution in [0.2, 0.25) is 0 Å². The zero-order valence-electron chi connectivity index (χ0n) is 11.2. The summed E-state index contributed by atoms with van der Waals surface area (Å²) in [5, 5.41) is 19.2. The fraction of sp³-hybridized carbons (Fsp3) is 0.0625. The molecule has 0 aliphatic carbocycles. The molecule has 0 aliphatic rings. The third kappa shape index (κ3) is 2.18. The molecule has 2 N–H and O–H groups in total. The van der Waals surface area contributed by atoms with Gasteiger partial charge in [0, 0.05) is 6.07 Å². The number of methoxy groups -OCH3 is 1. The van der Waals surface area contributed by atoms with Crippen LogP contribution >= 0.6 is 0 Å². The molecule has 0 saturated carbocycles. The van der Waals surface area contributed by atoms with Crippen molar-refractivity contribution in [1.29, 1.82) is 0 Å². The smallest absolute Gasteiger partial charge is 0.296 e. The molecule has 0 atom stereocenters. The van der Waals surface area contributed by atoms with Crippen molar-refractivity contribution in [1.82, 2.24) is 0 Å². The molecule has 0 bridgehead atoms. The van der Waals surface area contributed by atoms with Gasteiger partial charge in [-0.1, -0.05) is 12.1 Å². The van der Waals surface area contributed by atoms with E-state index in [9.17, 15) is 15.0 Å². The summed E-state index contributed by atoms with van der Waals surface area (Å²) < 4.78 is 10.7. The minimum absolute atomic E-state index is 0.00471. The summed E-state index contributed by atoms with van der Waals surface area (Å²) in [6.07, 6.45) is 0. The maximum Gasteiger partial charge on any atom is 0.296 e. The Labute approximate surface area is 119 Å². The van der Waals surface area contributed by atoms with Gasteiger partial charge in [0.1, 0.15) is 22.6 Å². The second-order valence-electron chi connectivity index (χ2n) is 4.53. The highest BCUT2D eigenvalue weighted by Crippen LogP contribution is 2.32. The van der Waals surface area contributed by atoms with Gasteiger partial charge < -0.3 is 19.4 Å². The fourth-order valence-electron chi connectivity index (χ4n) is 2.18. The standard InChI is InChI=1S/C16H12O5/c1-20-16-14(9-2-4-10(17)5-3-9)15(19)12-7-6-11(18)8-13(12)21-16/h2-8,17-18H,1H3. The van der Waals surface area contributed by atoms with Crippen molar-refractivity contribution in [2.24, 2.45) is 0 Å². The maximum absolute atomic E-state index is 12.6. The number of hydrogen-bond donors (Lipinski definition) is 2. The van der Waals surface area contributed by atoms with Crippen LogP contribution < -0.4 is 10.2 Å². The maximum atomic E-state index is 12.6. The van der Waals surface area contributed by atoms with Gasteiger partial charge in [-0.15, -0.1) is 0 Å². The molecule has 1 heterocycles. The summed E-state index contributed by atoms with van der Waals surface area (Å²) >= 11 is 0. The first-order chi connectivity index (χ1) is 10.1. The van der Waals surface area contributed by atoms with Gasteiger partial charge in [-0.25, -0.2) is 0 Å². The Morgan fingerprint density at radius 1 is 1.00 bits per heavy atom. The molecule has 0 aliphatic heterocycles. The first kappa shape index (κ1) is 13.1. The first-order valence-corrected chi connectivity index (χ1v) is 6.23. The lowest BCUT2D eigenvalue weighted by atomic mass is 10.0. The third-order valence-electron chi connectivity index (χ3n) is 3.19. The van der Waals surface area contributed by atoms with Crippen LogP contribution in [-0.2, 0) is 0 Å². The summed E-state index contributed by atoms with van der Waals surface area (Å²) in [6.45, 7) is 0. The number of rotatable bonds is 2. The highest BCUT2D eigenvalue weighted by molar-refractivity contribution is 5.84. The predicted molar refractivity (Wildman–Crippen MR) is 77.8 cm³/mol. The highest BCUT2D eigenvalue weighted by atomic mass is 16.6. The Morgan fingerprint density at radius 2 is 1.67 bits per heavy atom. The lowest BCUT2D eigenvalue weighted by Crippen LogP contribution is -2.07. The number of fused-ring (bicyclic) bond motifs is 1. The molecular weight excluding hydrogens is 272 g/mol. The van der Waals surface area contributed by atoms with Crippen molar-refractivity contribution in [3.63, 3.8) is 0 Å². The minimum Gasteiger partial charge on any atom is -0.508 e. The SMILES string of the molecule is COc1oc2cc(O)ccc2c(=O)c1-c1ccc(O)cc1. The van der Waals surface area contributed by atoms with E-state index in [2.05, 4.69) is 0 Å². The molecule has 106 valence electrons. The average Bonchev–Trinajstić information content (AvgIpc) is 2.48. The predicted octanol–water partition coefficient (Wildman–Crippen LogP) is 2.88. The van der Waals surface area contributed by atoms with Crippen molar-refractivity contribution < 1.29 is 19.4 Å². The number of phenolic OH excluding ortho intramolecular Hbond substituents is 2. The monoisotopic (exact) mass is 284 g/mol. The Hall–Kier alpha value is -2.95. The van der Waals surface area contributed by atoms with Gasteiger partial charge in [0.2, 0.25) is 5.43 Å². The van der Waals surface area contributed by atoms with Crippen LogP contribution in [0.3, 0.4) is 0 Å². The van der Waals surface area contributed by atoms with Gasteiger partial charge >= 0.3 is 0 Å². The molecule has 0 unspecified atom stereocenters. The molecule has 21 heavy (non-hydrogen) atoms. The second kappa shape index (κ2) is 4.86. The summed E-state index contributed by atoms with van der Waals surface area (Å²) in [7, 11) is 1.40. The van der Waals surface area contributed by atoms with Crippen LogP contribution in [0.25, 0.3) is 22.1 Å². The van der Waals surface area contributed by atoms with E-state index in [0.717, 1.165) is 0 Å². The Bertz CT molecular complexity index is 862.